The summed E-state index contributed by atoms with van der Waals surface area (Å²) < 4.78 is 11.5. The number of ether oxygens (including phenoxy) is 2. The van der Waals surface area contributed by atoms with Gasteiger partial charge in [-0.05, 0) is 77.2 Å². The van der Waals surface area contributed by atoms with E-state index in [4.69, 9.17) is 9.47 Å². The summed E-state index contributed by atoms with van der Waals surface area (Å²) in [6.07, 6.45) is 0.911. The molecule has 4 heteroatoms. The summed E-state index contributed by atoms with van der Waals surface area (Å²) in [7, 11) is 1.72. The minimum atomic E-state index is 0. The molecular formula is C28H32ClNO2. The Kier molecular flexibility index (Phi) is 8.38. The van der Waals surface area contributed by atoms with Crippen molar-refractivity contribution in [3.05, 3.63) is 95.1 Å². The highest BCUT2D eigenvalue weighted by atomic mass is 35.5. The van der Waals surface area contributed by atoms with Gasteiger partial charge in [-0.2, -0.15) is 0 Å². The van der Waals surface area contributed by atoms with Crippen molar-refractivity contribution in [1.82, 2.24) is 4.90 Å². The van der Waals surface area contributed by atoms with Crippen molar-refractivity contribution in [3.8, 4) is 11.5 Å². The lowest BCUT2D eigenvalue weighted by Crippen LogP contribution is -2.27. The van der Waals surface area contributed by atoms with Gasteiger partial charge in [0.25, 0.3) is 0 Å². The average molecular weight is 450 g/mol. The molecule has 168 valence electrons. The quantitative estimate of drug-likeness (QED) is 0.379. The number of hydrogen-bond donors (Lipinski definition) is 0. The van der Waals surface area contributed by atoms with Gasteiger partial charge in [-0.15, -0.1) is 12.4 Å². The van der Waals surface area contributed by atoms with Gasteiger partial charge in [-0.25, -0.2) is 0 Å². The van der Waals surface area contributed by atoms with Crippen LogP contribution in [0.15, 0.2) is 72.8 Å². The minimum Gasteiger partial charge on any atom is -0.497 e. The molecule has 0 amide bonds. The van der Waals surface area contributed by atoms with Crippen LogP contribution >= 0.6 is 12.4 Å². The molecule has 1 aliphatic carbocycles. The Bertz CT molecular complexity index is 1040. The zero-order valence-corrected chi connectivity index (χ0v) is 20.0. The van der Waals surface area contributed by atoms with Crippen molar-refractivity contribution < 1.29 is 9.47 Å². The summed E-state index contributed by atoms with van der Waals surface area (Å²) >= 11 is 0. The van der Waals surface area contributed by atoms with E-state index in [9.17, 15) is 0 Å². The second kappa shape index (κ2) is 11.2. The Morgan fingerprint density at radius 3 is 2.16 bits per heavy atom. The molecule has 0 aromatic heterocycles. The van der Waals surface area contributed by atoms with Gasteiger partial charge in [0.1, 0.15) is 18.1 Å². The fourth-order valence-corrected chi connectivity index (χ4v) is 4.29. The Labute approximate surface area is 198 Å². The van der Waals surface area contributed by atoms with Crippen molar-refractivity contribution in [3.63, 3.8) is 0 Å². The van der Waals surface area contributed by atoms with Gasteiger partial charge in [-0.1, -0.05) is 62.4 Å². The summed E-state index contributed by atoms with van der Waals surface area (Å²) in [6.45, 7) is 8.14. The van der Waals surface area contributed by atoms with Gasteiger partial charge in [0, 0.05) is 6.54 Å². The van der Waals surface area contributed by atoms with Crippen molar-refractivity contribution >= 4 is 23.6 Å². The van der Waals surface area contributed by atoms with E-state index in [1.165, 1.54) is 33.4 Å². The Morgan fingerprint density at radius 2 is 1.50 bits per heavy atom. The molecule has 0 saturated carbocycles. The average Bonchev–Trinajstić information content (AvgIpc) is 3.21. The van der Waals surface area contributed by atoms with Crippen LogP contribution in [0.5, 0.6) is 11.5 Å². The first-order valence-corrected chi connectivity index (χ1v) is 11.1. The number of rotatable bonds is 9. The maximum atomic E-state index is 5.99. The molecule has 1 aliphatic rings. The lowest BCUT2D eigenvalue weighted by Gasteiger charge is -2.18. The fourth-order valence-electron chi connectivity index (χ4n) is 4.29. The lowest BCUT2D eigenvalue weighted by atomic mass is 9.94. The highest BCUT2D eigenvalue weighted by Crippen LogP contribution is 2.43. The number of hydrogen-bond acceptors (Lipinski definition) is 3. The van der Waals surface area contributed by atoms with E-state index < -0.39 is 0 Å². The van der Waals surface area contributed by atoms with Crippen molar-refractivity contribution in [2.45, 2.75) is 20.3 Å². The molecule has 0 bridgehead atoms. The third-order valence-electron chi connectivity index (χ3n) is 6.09. The molecule has 0 radical (unpaired) electrons. The number of allylic oxidation sites excluding steroid dienone is 1. The van der Waals surface area contributed by atoms with E-state index in [2.05, 4.69) is 91.5 Å². The maximum absolute atomic E-state index is 5.99. The van der Waals surface area contributed by atoms with E-state index in [1.807, 2.05) is 0 Å². The molecule has 0 N–H and O–H groups in total. The summed E-state index contributed by atoms with van der Waals surface area (Å²) in [5.74, 6) is 1.83. The van der Waals surface area contributed by atoms with E-state index in [1.54, 1.807) is 7.11 Å². The minimum absolute atomic E-state index is 0. The van der Waals surface area contributed by atoms with Crippen LogP contribution < -0.4 is 9.47 Å². The first-order chi connectivity index (χ1) is 15.2. The number of methoxy groups -OCH3 is 1. The van der Waals surface area contributed by atoms with Crippen molar-refractivity contribution in [1.29, 1.82) is 0 Å². The molecule has 0 fully saturated rings. The van der Waals surface area contributed by atoms with Crippen LogP contribution in [-0.2, 0) is 6.42 Å². The summed E-state index contributed by atoms with van der Waals surface area (Å²) in [6, 6.07) is 25.6. The topological polar surface area (TPSA) is 21.7 Å². The van der Waals surface area contributed by atoms with Crippen molar-refractivity contribution in [2.75, 3.05) is 33.4 Å². The first-order valence-electron chi connectivity index (χ1n) is 11.1. The second-order valence-electron chi connectivity index (χ2n) is 7.82. The number of fused-ring (bicyclic) bond motifs is 1. The molecule has 0 aliphatic heterocycles. The molecular weight excluding hydrogens is 418 g/mol. The van der Waals surface area contributed by atoms with Crippen LogP contribution in [0.2, 0.25) is 0 Å². The zero-order chi connectivity index (χ0) is 21.6. The molecule has 0 spiro atoms. The molecule has 0 atom stereocenters. The molecule has 3 nitrogen and oxygen atoms in total. The predicted molar refractivity (Wildman–Crippen MR) is 136 cm³/mol. The molecule has 3 aromatic rings. The first kappa shape index (κ1) is 23.9. The molecule has 0 unspecified atom stereocenters. The van der Waals surface area contributed by atoms with Crippen LogP contribution in [0.3, 0.4) is 0 Å². The number of likely N-dealkylation sites (N-methyl/N-ethyl adjacent to an activating group) is 1. The van der Waals surface area contributed by atoms with Crippen LogP contribution in [-0.4, -0.2) is 38.3 Å². The maximum Gasteiger partial charge on any atom is 0.119 e. The fraction of sp³-hybridized carbons (Fsp3) is 0.286. The molecule has 0 saturated heterocycles. The monoisotopic (exact) mass is 449 g/mol. The number of halogens is 1. The highest BCUT2D eigenvalue weighted by Gasteiger charge is 2.24. The SMILES string of the molecule is CCN(CC)CCOc1ccc(C2=C(c3ccccc3)Cc3cc(OC)ccc32)cc1.Cl. The van der Waals surface area contributed by atoms with Crippen LogP contribution in [0.25, 0.3) is 11.1 Å². The third-order valence-corrected chi connectivity index (χ3v) is 6.09. The van der Waals surface area contributed by atoms with Crippen molar-refractivity contribution in [2.24, 2.45) is 0 Å². The Hall–Kier alpha value is -2.75. The Balaban J connectivity index is 0.00000289. The number of benzene rings is 3. The largest absolute Gasteiger partial charge is 0.497 e. The summed E-state index contributed by atoms with van der Waals surface area (Å²) in [4.78, 5) is 2.37. The molecule has 0 heterocycles. The normalized spacial score (nSPS) is 12.5. The lowest BCUT2D eigenvalue weighted by molar-refractivity contribution is 0.223. The highest BCUT2D eigenvalue weighted by molar-refractivity contribution is 6.03. The molecule has 32 heavy (non-hydrogen) atoms. The zero-order valence-electron chi connectivity index (χ0n) is 19.1. The van der Waals surface area contributed by atoms with Gasteiger partial charge in [-0.3, -0.25) is 0 Å². The van der Waals surface area contributed by atoms with E-state index >= 15 is 0 Å². The standard InChI is InChI=1S/C28H31NO2.ClH/c1-4-29(5-2)17-18-31-24-13-11-22(12-14-24)28-26-16-15-25(30-3)19-23(26)20-27(28)21-9-7-6-8-10-21;/h6-16,19H,4-5,17-18,20H2,1-3H3;1H. The van der Waals surface area contributed by atoms with Gasteiger partial charge < -0.3 is 14.4 Å². The van der Waals surface area contributed by atoms with E-state index in [0.29, 0.717) is 6.61 Å². The van der Waals surface area contributed by atoms with Crippen LogP contribution in [0.4, 0.5) is 0 Å². The van der Waals surface area contributed by atoms with Gasteiger partial charge in [0.15, 0.2) is 0 Å². The third kappa shape index (κ3) is 5.17. The second-order valence-corrected chi connectivity index (χ2v) is 7.82. The molecule has 3 aromatic carbocycles. The predicted octanol–water partition coefficient (Wildman–Crippen LogP) is 6.35. The molecule has 4 rings (SSSR count). The summed E-state index contributed by atoms with van der Waals surface area (Å²) in [5, 5.41) is 0. The Morgan fingerprint density at radius 1 is 0.812 bits per heavy atom. The van der Waals surface area contributed by atoms with Crippen LogP contribution in [0.1, 0.15) is 36.1 Å². The van der Waals surface area contributed by atoms with Gasteiger partial charge in [0.2, 0.25) is 0 Å². The van der Waals surface area contributed by atoms with E-state index in [-0.39, 0.29) is 12.4 Å². The van der Waals surface area contributed by atoms with Gasteiger partial charge >= 0.3 is 0 Å². The smallest absolute Gasteiger partial charge is 0.119 e. The van der Waals surface area contributed by atoms with Gasteiger partial charge in [0.05, 0.1) is 7.11 Å². The number of nitrogens with zero attached hydrogens (tertiary/aromatic N) is 1. The van der Waals surface area contributed by atoms with Crippen LogP contribution in [0, 0.1) is 0 Å². The summed E-state index contributed by atoms with van der Waals surface area (Å²) in [5.41, 5.74) is 7.76. The van der Waals surface area contributed by atoms with E-state index in [0.717, 1.165) is 37.6 Å².